The van der Waals surface area contributed by atoms with E-state index in [1.165, 1.54) is 24.4 Å². The van der Waals surface area contributed by atoms with Gasteiger partial charge in [-0.25, -0.2) is 5.43 Å². The fraction of sp³-hybridized carbons (Fsp3) is 0.0667. The van der Waals surface area contributed by atoms with Crippen molar-refractivity contribution >= 4 is 41.0 Å². The largest absolute Gasteiger partial charge is 0.484 e. The topological polar surface area (TPSA) is 93.8 Å². The minimum Gasteiger partial charge on any atom is -0.484 e. The third kappa shape index (κ3) is 5.22. The van der Waals surface area contributed by atoms with Crippen LogP contribution in [-0.2, 0) is 4.79 Å². The molecule has 1 N–H and O–H groups in total. The van der Waals surface area contributed by atoms with E-state index in [0.717, 1.165) is 0 Å². The number of carbonyl (C=O) groups is 1. The Morgan fingerprint density at radius 2 is 1.96 bits per heavy atom. The first-order valence-corrected chi connectivity index (χ1v) is 7.35. The SMILES string of the molecule is O=C(COc1ccc(Cl)cc1)NN=Cc1ccc(Cl)c([N+](=O)[O-])c1. The maximum absolute atomic E-state index is 11.6. The quantitative estimate of drug-likeness (QED) is 0.480. The number of ether oxygens (including phenoxy) is 1. The lowest BCUT2D eigenvalue weighted by Gasteiger charge is -2.04. The Bertz CT molecular complexity index is 779. The highest BCUT2D eigenvalue weighted by molar-refractivity contribution is 6.32. The van der Waals surface area contributed by atoms with E-state index >= 15 is 0 Å². The fourth-order valence-electron chi connectivity index (χ4n) is 1.64. The number of hydrogen-bond acceptors (Lipinski definition) is 5. The Labute approximate surface area is 147 Å². The Morgan fingerprint density at radius 3 is 2.62 bits per heavy atom. The van der Waals surface area contributed by atoms with Crippen molar-refractivity contribution in [3.63, 3.8) is 0 Å². The van der Waals surface area contributed by atoms with Crippen LogP contribution in [0.1, 0.15) is 5.56 Å². The molecule has 0 spiro atoms. The van der Waals surface area contributed by atoms with Crippen LogP contribution in [0.2, 0.25) is 10.0 Å². The number of rotatable bonds is 6. The number of nitro groups is 1. The van der Waals surface area contributed by atoms with Crippen molar-refractivity contribution < 1.29 is 14.5 Å². The summed E-state index contributed by atoms with van der Waals surface area (Å²) < 4.78 is 5.24. The predicted molar refractivity (Wildman–Crippen MR) is 90.8 cm³/mol. The van der Waals surface area contributed by atoms with Gasteiger partial charge < -0.3 is 4.74 Å². The number of hydrogen-bond donors (Lipinski definition) is 1. The van der Waals surface area contributed by atoms with Gasteiger partial charge in [0, 0.05) is 16.7 Å². The smallest absolute Gasteiger partial charge is 0.288 e. The highest BCUT2D eigenvalue weighted by Crippen LogP contribution is 2.24. The predicted octanol–water partition coefficient (Wildman–Crippen LogP) is 3.43. The van der Waals surface area contributed by atoms with Gasteiger partial charge in [-0.2, -0.15) is 5.10 Å². The number of nitro benzene ring substituents is 1. The van der Waals surface area contributed by atoms with Crippen LogP contribution in [-0.4, -0.2) is 23.7 Å². The van der Waals surface area contributed by atoms with Crippen LogP contribution in [0, 0.1) is 10.1 Å². The molecule has 0 heterocycles. The lowest BCUT2D eigenvalue weighted by molar-refractivity contribution is -0.384. The summed E-state index contributed by atoms with van der Waals surface area (Å²) in [6.45, 7) is -0.236. The molecule has 1 amide bonds. The number of nitrogens with one attached hydrogen (secondary N) is 1. The molecule has 0 fully saturated rings. The lowest BCUT2D eigenvalue weighted by Crippen LogP contribution is -2.24. The number of halogens is 2. The summed E-state index contributed by atoms with van der Waals surface area (Å²) >= 11 is 11.4. The molecule has 0 saturated heterocycles. The molecule has 24 heavy (non-hydrogen) atoms. The van der Waals surface area contributed by atoms with Crippen LogP contribution in [0.15, 0.2) is 47.6 Å². The maximum Gasteiger partial charge on any atom is 0.288 e. The Kier molecular flexibility index (Phi) is 6.11. The zero-order chi connectivity index (χ0) is 17.5. The van der Waals surface area contributed by atoms with Crippen molar-refractivity contribution in [2.24, 2.45) is 5.10 Å². The zero-order valence-electron chi connectivity index (χ0n) is 12.1. The van der Waals surface area contributed by atoms with E-state index in [2.05, 4.69) is 10.5 Å². The maximum atomic E-state index is 11.6. The number of nitrogens with zero attached hydrogens (tertiary/aromatic N) is 2. The van der Waals surface area contributed by atoms with Crippen LogP contribution in [0.5, 0.6) is 5.75 Å². The molecule has 0 unspecified atom stereocenters. The van der Waals surface area contributed by atoms with Crippen molar-refractivity contribution in [2.75, 3.05) is 6.61 Å². The highest BCUT2D eigenvalue weighted by Gasteiger charge is 2.11. The third-order valence-corrected chi connectivity index (χ3v) is 3.32. The molecule has 2 aromatic carbocycles. The van der Waals surface area contributed by atoms with E-state index in [-0.39, 0.29) is 17.3 Å². The average molecular weight is 368 g/mol. The Hall–Kier alpha value is -2.64. The van der Waals surface area contributed by atoms with Crippen molar-refractivity contribution in [1.82, 2.24) is 5.43 Å². The number of hydrazone groups is 1. The first-order valence-electron chi connectivity index (χ1n) is 6.60. The normalized spacial score (nSPS) is 10.6. The van der Waals surface area contributed by atoms with Crippen LogP contribution < -0.4 is 10.2 Å². The van der Waals surface area contributed by atoms with Gasteiger partial charge in [-0.05, 0) is 30.3 Å². The number of benzene rings is 2. The van der Waals surface area contributed by atoms with Gasteiger partial charge in [0.2, 0.25) is 0 Å². The second-order valence-corrected chi connectivity index (χ2v) is 5.35. The molecule has 0 aromatic heterocycles. The minimum atomic E-state index is -0.599. The lowest BCUT2D eigenvalue weighted by atomic mass is 10.2. The monoisotopic (exact) mass is 367 g/mol. The molecular weight excluding hydrogens is 357 g/mol. The molecule has 9 heteroatoms. The summed E-state index contributed by atoms with van der Waals surface area (Å²) in [5.74, 6) is 0.0107. The standard InChI is InChI=1S/C15H11Cl2N3O4/c16-11-2-4-12(5-3-11)24-9-15(21)19-18-8-10-1-6-13(17)14(7-10)20(22)23/h1-8H,9H2,(H,19,21). The van der Waals surface area contributed by atoms with Gasteiger partial charge in [0.25, 0.3) is 11.6 Å². The summed E-state index contributed by atoms with van der Waals surface area (Å²) in [4.78, 5) is 21.8. The molecule has 2 rings (SSSR count). The van der Waals surface area contributed by atoms with Gasteiger partial charge in [-0.1, -0.05) is 29.3 Å². The van der Waals surface area contributed by atoms with E-state index in [9.17, 15) is 14.9 Å². The summed E-state index contributed by atoms with van der Waals surface area (Å²) in [6.07, 6.45) is 1.27. The van der Waals surface area contributed by atoms with Crippen molar-refractivity contribution in [2.45, 2.75) is 0 Å². The van der Waals surface area contributed by atoms with Crippen molar-refractivity contribution in [3.8, 4) is 5.75 Å². The number of amides is 1. The first kappa shape index (κ1) is 17.7. The molecule has 124 valence electrons. The van der Waals surface area contributed by atoms with E-state index in [0.29, 0.717) is 16.3 Å². The molecule has 0 saturated carbocycles. The van der Waals surface area contributed by atoms with E-state index in [1.54, 1.807) is 24.3 Å². The minimum absolute atomic E-state index is 0.0255. The molecule has 7 nitrogen and oxygen atoms in total. The van der Waals surface area contributed by atoms with Gasteiger partial charge in [0.1, 0.15) is 10.8 Å². The van der Waals surface area contributed by atoms with Crippen molar-refractivity contribution in [3.05, 3.63) is 68.2 Å². The van der Waals surface area contributed by atoms with Crippen LogP contribution in [0.3, 0.4) is 0 Å². The molecule has 0 atom stereocenters. The molecule has 0 aliphatic rings. The Morgan fingerprint density at radius 1 is 1.25 bits per heavy atom. The molecule has 0 radical (unpaired) electrons. The second kappa shape index (κ2) is 8.28. The first-order chi connectivity index (χ1) is 11.5. The fourth-order valence-corrected chi connectivity index (χ4v) is 1.95. The van der Waals surface area contributed by atoms with Crippen LogP contribution in [0.25, 0.3) is 0 Å². The van der Waals surface area contributed by atoms with Crippen molar-refractivity contribution in [1.29, 1.82) is 0 Å². The summed E-state index contributed by atoms with van der Waals surface area (Å²) in [5.41, 5.74) is 2.44. The zero-order valence-corrected chi connectivity index (χ0v) is 13.6. The van der Waals surface area contributed by atoms with Gasteiger partial charge in [-0.15, -0.1) is 0 Å². The van der Waals surface area contributed by atoms with Gasteiger partial charge in [-0.3, -0.25) is 14.9 Å². The highest BCUT2D eigenvalue weighted by atomic mass is 35.5. The third-order valence-electron chi connectivity index (χ3n) is 2.75. The van der Waals surface area contributed by atoms with Gasteiger partial charge in [0.05, 0.1) is 11.1 Å². The van der Waals surface area contributed by atoms with E-state index < -0.39 is 10.8 Å². The van der Waals surface area contributed by atoms with E-state index in [4.69, 9.17) is 27.9 Å². The molecule has 0 aliphatic heterocycles. The van der Waals surface area contributed by atoms with Gasteiger partial charge in [0.15, 0.2) is 6.61 Å². The molecule has 2 aromatic rings. The molecular formula is C15H11Cl2N3O4. The van der Waals surface area contributed by atoms with E-state index in [1.807, 2.05) is 0 Å². The molecule has 0 bridgehead atoms. The summed E-state index contributed by atoms with van der Waals surface area (Å²) in [6, 6.07) is 10.7. The summed E-state index contributed by atoms with van der Waals surface area (Å²) in [7, 11) is 0. The second-order valence-electron chi connectivity index (χ2n) is 4.50. The summed E-state index contributed by atoms with van der Waals surface area (Å²) in [5, 5.41) is 15.1. The average Bonchev–Trinajstić information content (AvgIpc) is 2.55. The Balaban J connectivity index is 1.87. The number of carbonyl (C=O) groups excluding carboxylic acids is 1. The van der Waals surface area contributed by atoms with Gasteiger partial charge >= 0.3 is 0 Å². The molecule has 0 aliphatic carbocycles. The van der Waals surface area contributed by atoms with Crippen LogP contribution in [0.4, 0.5) is 5.69 Å². The van der Waals surface area contributed by atoms with Crippen LogP contribution >= 0.6 is 23.2 Å².